The predicted molar refractivity (Wildman–Crippen MR) is 69.3 cm³/mol. The summed E-state index contributed by atoms with van der Waals surface area (Å²) in [7, 11) is 0. The Balaban J connectivity index is 1.85. The lowest BCUT2D eigenvalue weighted by atomic mass is 9.87. The van der Waals surface area contributed by atoms with Gasteiger partial charge in [0, 0.05) is 11.5 Å². The van der Waals surface area contributed by atoms with Crippen LogP contribution in [0.4, 0.5) is 0 Å². The topological polar surface area (TPSA) is 17.1 Å². The smallest absolute Gasteiger partial charge is 0.165 e. The molecule has 0 heterocycles. The van der Waals surface area contributed by atoms with E-state index < -0.39 is 0 Å². The molecular formula is C16H20O. The number of aryl methyl sites for hydroxylation is 2. The van der Waals surface area contributed by atoms with Crippen molar-refractivity contribution in [2.75, 3.05) is 0 Å². The first-order valence-electron chi connectivity index (χ1n) is 6.92. The maximum Gasteiger partial charge on any atom is 0.165 e. The third-order valence-corrected chi connectivity index (χ3v) is 4.38. The van der Waals surface area contributed by atoms with Gasteiger partial charge in [-0.1, -0.05) is 19.1 Å². The van der Waals surface area contributed by atoms with Crippen molar-refractivity contribution in [2.45, 2.75) is 45.4 Å². The zero-order valence-corrected chi connectivity index (χ0v) is 10.5. The molecule has 0 aromatic heterocycles. The maximum absolute atomic E-state index is 12.3. The van der Waals surface area contributed by atoms with Crippen LogP contribution >= 0.6 is 0 Å². The lowest BCUT2D eigenvalue weighted by Gasteiger charge is -2.17. The Morgan fingerprint density at radius 1 is 1.18 bits per heavy atom. The first-order valence-corrected chi connectivity index (χ1v) is 6.92. The molecule has 1 atom stereocenters. The summed E-state index contributed by atoms with van der Waals surface area (Å²) in [5, 5.41) is 0. The number of hydrogen-bond donors (Lipinski definition) is 0. The van der Waals surface area contributed by atoms with E-state index in [2.05, 4.69) is 19.1 Å². The Morgan fingerprint density at radius 2 is 1.88 bits per heavy atom. The fourth-order valence-electron chi connectivity index (χ4n) is 2.96. The summed E-state index contributed by atoms with van der Waals surface area (Å²) in [4.78, 5) is 12.3. The van der Waals surface area contributed by atoms with E-state index in [1.54, 1.807) is 0 Å². The van der Waals surface area contributed by atoms with Crippen molar-refractivity contribution in [1.29, 1.82) is 0 Å². The van der Waals surface area contributed by atoms with Gasteiger partial charge in [0.15, 0.2) is 5.78 Å². The van der Waals surface area contributed by atoms with Crippen LogP contribution in [-0.4, -0.2) is 5.78 Å². The molecule has 1 aromatic rings. The van der Waals surface area contributed by atoms with Crippen molar-refractivity contribution >= 4 is 5.78 Å². The minimum Gasteiger partial charge on any atom is -0.294 e. The fourth-order valence-corrected chi connectivity index (χ4v) is 2.96. The number of fused-ring (bicyclic) bond motifs is 1. The number of hydrogen-bond acceptors (Lipinski definition) is 1. The molecule has 17 heavy (non-hydrogen) atoms. The Morgan fingerprint density at radius 3 is 2.59 bits per heavy atom. The van der Waals surface area contributed by atoms with Gasteiger partial charge >= 0.3 is 0 Å². The average Bonchev–Trinajstić information content (AvgIpc) is 3.21. The van der Waals surface area contributed by atoms with Gasteiger partial charge in [-0.3, -0.25) is 4.79 Å². The van der Waals surface area contributed by atoms with E-state index in [4.69, 9.17) is 0 Å². The van der Waals surface area contributed by atoms with Crippen molar-refractivity contribution in [1.82, 2.24) is 0 Å². The molecule has 0 bridgehead atoms. The highest BCUT2D eigenvalue weighted by atomic mass is 16.1. The first-order chi connectivity index (χ1) is 8.25. The van der Waals surface area contributed by atoms with E-state index in [1.165, 1.54) is 43.2 Å². The monoisotopic (exact) mass is 228 g/mol. The van der Waals surface area contributed by atoms with Crippen LogP contribution in [0.25, 0.3) is 0 Å². The maximum atomic E-state index is 12.3. The van der Waals surface area contributed by atoms with Gasteiger partial charge in [0.2, 0.25) is 0 Å². The fraction of sp³-hybridized carbons (Fsp3) is 0.562. The van der Waals surface area contributed by atoms with Crippen LogP contribution in [0.15, 0.2) is 18.2 Å². The van der Waals surface area contributed by atoms with Crippen molar-refractivity contribution < 1.29 is 4.79 Å². The van der Waals surface area contributed by atoms with Gasteiger partial charge in [0.25, 0.3) is 0 Å². The third kappa shape index (κ3) is 2.15. The molecule has 1 aromatic carbocycles. The molecule has 0 radical (unpaired) electrons. The zero-order valence-electron chi connectivity index (χ0n) is 10.5. The van der Waals surface area contributed by atoms with Gasteiger partial charge in [0.1, 0.15) is 0 Å². The van der Waals surface area contributed by atoms with E-state index in [9.17, 15) is 4.79 Å². The Kier molecular flexibility index (Phi) is 2.78. The molecule has 1 fully saturated rings. The van der Waals surface area contributed by atoms with Gasteiger partial charge in [-0.2, -0.15) is 0 Å². The number of Topliss-reactive ketones (excluding diaryl/α,β-unsaturated/α-hetero) is 1. The molecule has 0 saturated heterocycles. The van der Waals surface area contributed by atoms with E-state index in [-0.39, 0.29) is 5.92 Å². The van der Waals surface area contributed by atoms with Crippen LogP contribution in [0, 0.1) is 11.8 Å². The normalized spacial score (nSPS) is 20.8. The molecule has 2 aliphatic rings. The number of carbonyl (C=O) groups is 1. The molecule has 1 nitrogen and oxygen atoms in total. The summed E-state index contributed by atoms with van der Waals surface area (Å²) in [6, 6.07) is 6.39. The van der Waals surface area contributed by atoms with Crippen LogP contribution < -0.4 is 0 Å². The van der Waals surface area contributed by atoms with Crippen LogP contribution in [0.5, 0.6) is 0 Å². The van der Waals surface area contributed by atoms with Crippen molar-refractivity contribution in [3.63, 3.8) is 0 Å². The molecule has 0 N–H and O–H groups in total. The average molecular weight is 228 g/mol. The Bertz CT molecular complexity index is 443. The number of benzene rings is 1. The summed E-state index contributed by atoms with van der Waals surface area (Å²) in [6.07, 6.45) is 7.44. The highest BCUT2D eigenvalue weighted by molar-refractivity contribution is 5.98. The summed E-state index contributed by atoms with van der Waals surface area (Å²) in [6.45, 7) is 2.10. The third-order valence-electron chi connectivity index (χ3n) is 4.38. The lowest BCUT2D eigenvalue weighted by Crippen LogP contribution is -2.14. The molecule has 1 heteroatoms. The van der Waals surface area contributed by atoms with Crippen LogP contribution in [-0.2, 0) is 12.8 Å². The molecule has 90 valence electrons. The molecule has 1 saturated carbocycles. The second-order valence-electron chi connectivity index (χ2n) is 5.68. The number of ketones is 1. The Labute approximate surface area is 103 Å². The zero-order chi connectivity index (χ0) is 11.8. The minimum absolute atomic E-state index is 0.233. The van der Waals surface area contributed by atoms with Crippen molar-refractivity contribution in [2.24, 2.45) is 11.8 Å². The minimum atomic E-state index is 0.233. The lowest BCUT2D eigenvalue weighted by molar-refractivity contribution is 0.0916. The molecule has 0 spiro atoms. The predicted octanol–water partition coefficient (Wildman–Crippen LogP) is 3.79. The van der Waals surface area contributed by atoms with E-state index in [1.807, 2.05) is 6.07 Å². The summed E-state index contributed by atoms with van der Waals surface area (Å²) >= 11 is 0. The highest BCUT2D eigenvalue weighted by Gasteiger charge is 2.33. The molecule has 1 unspecified atom stereocenters. The van der Waals surface area contributed by atoms with E-state index in [0.29, 0.717) is 11.7 Å². The standard InChI is InChI=1S/C16H20O/c1-11(12-6-7-12)16(17)15-9-8-13-4-2-3-5-14(13)10-15/h8-12H,2-7H2,1H3. The SMILES string of the molecule is CC(C(=O)c1ccc2c(c1)CCCC2)C1CC1. The second-order valence-corrected chi connectivity index (χ2v) is 5.68. The molecule has 3 rings (SSSR count). The summed E-state index contributed by atoms with van der Waals surface area (Å²) in [5.41, 5.74) is 3.84. The highest BCUT2D eigenvalue weighted by Crippen LogP contribution is 2.38. The molecule has 0 aliphatic heterocycles. The van der Waals surface area contributed by atoms with Crippen molar-refractivity contribution in [3.05, 3.63) is 34.9 Å². The van der Waals surface area contributed by atoms with Gasteiger partial charge < -0.3 is 0 Å². The molecule has 0 amide bonds. The summed E-state index contributed by atoms with van der Waals surface area (Å²) in [5.74, 6) is 1.26. The second kappa shape index (κ2) is 4.29. The van der Waals surface area contributed by atoms with Crippen LogP contribution in [0.2, 0.25) is 0 Å². The van der Waals surface area contributed by atoms with Gasteiger partial charge in [-0.25, -0.2) is 0 Å². The Hall–Kier alpha value is -1.11. The van der Waals surface area contributed by atoms with E-state index >= 15 is 0 Å². The van der Waals surface area contributed by atoms with Gasteiger partial charge in [-0.05, 0) is 61.6 Å². The first kappa shape index (κ1) is 11.0. The number of carbonyl (C=O) groups excluding carboxylic acids is 1. The largest absolute Gasteiger partial charge is 0.294 e. The van der Waals surface area contributed by atoms with Crippen LogP contribution in [0.3, 0.4) is 0 Å². The quantitative estimate of drug-likeness (QED) is 0.719. The number of rotatable bonds is 3. The summed E-state index contributed by atoms with van der Waals surface area (Å²) < 4.78 is 0. The van der Waals surface area contributed by atoms with Crippen molar-refractivity contribution in [3.8, 4) is 0 Å². The van der Waals surface area contributed by atoms with Gasteiger partial charge in [-0.15, -0.1) is 0 Å². The molecule has 2 aliphatic carbocycles. The van der Waals surface area contributed by atoms with Crippen LogP contribution in [0.1, 0.15) is 54.1 Å². The molecular weight excluding hydrogens is 208 g/mol. The van der Waals surface area contributed by atoms with Gasteiger partial charge in [0.05, 0.1) is 0 Å². The van der Waals surface area contributed by atoms with E-state index in [0.717, 1.165) is 12.0 Å².